The zero-order chi connectivity index (χ0) is 10.8. The van der Waals surface area contributed by atoms with E-state index < -0.39 is 0 Å². The highest BCUT2D eigenvalue weighted by molar-refractivity contribution is 7.16. The summed E-state index contributed by atoms with van der Waals surface area (Å²) in [5, 5.41) is 0.909. The minimum atomic E-state index is -0.219. The van der Waals surface area contributed by atoms with Gasteiger partial charge >= 0.3 is 0 Å². The van der Waals surface area contributed by atoms with Gasteiger partial charge in [0.05, 0.1) is 0 Å². The monoisotopic (exact) mass is 222 g/mol. The third-order valence-electron chi connectivity index (χ3n) is 2.22. The van der Waals surface area contributed by atoms with Gasteiger partial charge in [-0.3, -0.25) is 0 Å². The lowest BCUT2D eigenvalue weighted by Gasteiger charge is -1.98. The molecule has 0 unspecified atom stereocenters. The lowest BCUT2D eigenvalue weighted by atomic mass is 10.1. The highest BCUT2D eigenvalue weighted by Crippen LogP contribution is 2.33. The molecule has 0 radical (unpaired) electrons. The molecule has 15 heavy (non-hydrogen) atoms. The number of anilines is 1. The number of nitrogens with one attached hydrogen (secondary N) is 1. The Balaban J connectivity index is 2.44. The summed E-state index contributed by atoms with van der Waals surface area (Å²) in [4.78, 5) is 1.16. The normalized spacial score (nSPS) is 10.3. The minimum Gasteiger partial charge on any atom is -0.315 e. The maximum atomic E-state index is 12.7. The SMILES string of the molecule is Cc1sc(NN)cc1-c1ccc(F)cc1. The summed E-state index contributed by atoms with van der Waals surface area (Å²) < 4.78 is 12.7. The van der Waals surface area contributed by atoms with E-state index in [2.05, 4.69) is 5.43 Å². The van der Waals surface area contributed by atoms with Crippen LogP contribution in [0.25, 0.3) is 11.1 Å². The van der Waals surface area contributed by atoms with E-state index in [9.17, 15) is 4.39 Å². The molecule has 4 heteroatoms. The molecule has 0 fully saturated rings. The molecular formula is C11H11FN2S. The molecule has 0 atom stereocenters. The number of nitrogens with two attached hydrogens (primary N) is 1. The predicted octanol–water partition coefficient (Wildman–Crippen LogP) is 3.15. The first-order valence-electron chi connectivity index (χ1n) is 4.53. The van der Waals surface area contributed by atoms with Crippen molar-refractivity contribution in [1.29, 1.82) is 0 Å². The van der Waals surface area contributed by atoms with Crippen molar-refractivity contribution >= 4 is 16.3 Å². The topological polar surface area (TPSA) is 38.0 Å². The van der Waals surface area contributed by atoms with E-state index in [1.807, 2.05) is 13.0 Å². The van der Waals surface area contributed by atoms with Crippen LogP contribution in [0.3, 0.4) is 0 Å². The zero-order valence-corrected chi connectivity index (χ0v) is 9.07. The molecule has 0 aliphatic rings. The molecule has 0 aliphatic carbocycles. The second-order valence-corrected chi connectivity index (χ2v) is 4.49. The standard InChI is InChI=1S/C11H11FN2S/c1-7-10(6-11(14-13)15-7)8-2-4-9(12)5-3-8/h2-6,14H,13H2,1H3. The van der Waals surface area contributed by atoms with Crippen LogP contribution in [-0.4, -0.2) is 0 Å². The fourth-order valence-corrected chi connectivity index (χ4v) is 2.32. The Hall–Kier alpha value is -1.39. The number of hydrogen-bond donors (Lipinski definition) is 2. The Morgan fingerprint density at radius 1 is 1.27 bits per heavy atom. The molecule has 0 saturated carbocycles. The molecule has 0 amide bonds. The molecule has 0 saturated heterocycles. The van der Waals surface area contributed by atoms with E-state index in [-0.39, 0.29) is 5.82 Å². The first-order valence-corrected chi connectivity index (χ1v) is 5.35. The summed E-state index contributed by atoms with van der Waals surface area (Å²) in [6, 6.07) is 8.42. The lowest BCUT2D eigenvalue weighted by molar-refractivity contribution is 0.628. The number of benzene rings is 1. The van der Waals surface area contributed by atoms with Crippen molar-refractivity contribution in [2.24, 2.45) is 5.84 Å². The van der Waals surface area contributed by atoms with E-state index in [1.54, 1.807) is 23.5 Å². The molecule has 2 aromatic rings. The van der Waals surface area contributed by atoms with Gasteiger partial charge in [-0.25, -0.2) is 10.2 Å². The van der Waals surface area contributed by atoms with E-state index >= 15 is 0 Å². The Morgan fingerprint density at radius 2 is 1.93 bits per heavy atom. The number of halogens is 1. The maximum absolute atomic E-state index is 12.7. The molecule has 0 bridgehead atoms. The Bertz CT molecular complexity index is 462. The Labute approximate surface area is 91.5 Å². The quantitative estimate of drug-likeness (QED) is 0.605. The van der Waals surface area contributed by atoms with Gasteiger partial charge in [0.1, 0.15) is 10.8 Å². The van der Waals surface area contributed by atoms with E-state index in [0.717, 1.165) is 21.0 Å². The number of nitrogen functional groups attached to an aromatic ring is 1. The van der Waals surface area contributed by atoms with Crippen LogP contribution < -0.4 is 11.3 Å². The van der Waals surface area contributed by atoms with Crippen LogP contribution in [0.5, 0.6) is 0 Å². The van der Waals surface area contributed by atoms with Crippen LogP contribution >= 0.6 is 11.3 Å². The number of rotatable bonds is 2. The molecule has 2 rings (SSSR count). The van der Waals surface area contributed by atoms with E-state index in [0.29, 0.717) is 0 Å². The lowest BCUT2D eigenvalue weighted by Crippen LogP contribution is -2.04. The van der Waals surface area contributed by atoms with Crippen molar-refractivity contribution in [3.8, 4) is 11.1 Å². The zero-order valence-electron chi connectivity index (χ0n) is 8.25. The van der Waals surface area contributed by atoms with Crippen molar-refractivity contribution in [3.05, 3.63) is 41.0 Å². The van der Waals surface area contributed by atoms with Crippen LogP contribution in [0.4, 0.5) is 9.39 Å². The maximum Gasteiger partial charge on any atom is 0.123 e. The minimum absolute atomic E-state index is 0.219. The first-order chi connectivity index (χ1) is 7.20. The summed E-state index contributed by atoms with van der Waals surface area (Å²) in [5.41, 5.74) is 4.71. The molecule has 2 nitrogen and oxygen atoms in total. The summed E-state index contributed by atoms with van der Waals surface area (Å²) in [5.74, 6) is 5.12. The van der Waals surface area contributed by atoms with Crippen LogP contribution in [0.1, 0.15) is 4.88 Å². The van der Waals surface area contributed by atoms with Crippen molar-refractivity contribution in [2.75, 3.05) is 5.43 Å². The van der Waals surface area contributed by atoms with Gasteiger partial charge in [-0.1, -0.05) is 12.1 Å². The van der Waals surface area contributed by atoms with Crippen molar-refractivity contribution < 1.29 is 4.39 Å². The third kappa shape index (κ3) is 2.00. The highest BCUT2D eigenvalue weighted by atomic mass is 32.1. The fraction of sp³-hybridized carbons (Fsp3) is 0.0909. The molecular weight excluding hydrogens is 211 g/mol. The largest absolute Gasteiger partial charge is 0.315 e. The second kappa shape index (κ2) is 4.00. The van der Waals surface area contributed by atoms with Gasteiger partial charge < -0.3 is 5.43 Å². The summed E-state index contributed by atoms with van der Waals surface area (Å²) in [6.07, 6.45) is 0. The smallest absolute Gasteiger partial charge is 0.123 e. The number of aryl methyl sites for hydroxylation is 1. The van der Waals surface area contributed by atoms with E-state index in [4.69, 9.17) is 5.84 Å². The van der Waals surface area contributed by atoms with Crippen LogP contribution in [0, 0.1) is 12.7 Å². The first kappa shape index (κ1) is 10.1. The van der Waals surface area contributed by atoms with Crippen molar-refractivity contribution in [2.45, 2.75) is 6.92 Å². The van der Waals surface area contributed by atoms with Crippen molar-refractivity contribution in [3.63, 3.8) is 0 Å². The fourth-order valence-electron chi connectivity index (χ4n) is 1.47. The van der Waals surface area contributed by atoms with Crippen LogP contribution in [-0.2, 0) is 0 Å². The molecule has 0 spiro atoms. The molecule has 3 N–H and O–H groups in total. The van der Waals surface area contributed by atoms with E-state index in [1.165, 1.54) is 12.1 Å². The summed E-state index contributed by atoms with van der Waals surface area (Å²) in [7, 11) is 0. The van der Waals surface area contributed by atoms with Gasteiger partial charge in [0, 0.05) is 4.88 Å². The average molecular weight is 222 g/mol. The van der Waals surface area contributed by atoms with Gasteiger partial charge in [0.25, 0.3) is 0 Å². The van der Waals surface area contributed by atoms with Gasteiger partial charge in [-0.05, 0) is 36.2 Å². The number of hydrazine groups is 1. The average Bonchev–Trinajstić information content (AvgIpc) is 2.61. The second-order valence-electron chi connectivity index (χ2n) is 3.23. The molecule has 1 heterocycles. The number of hydrogen-bond acceptors (Lipinski definition) is 3. The highest BCUT2D eigenvalue weighted by Gasteiger charge is 2.06. The van der Waals surface area contributed by atoms with Crippen LogP contribution in [0.2, 0.25) is 0 Å². The summed E-state index contributed by atoms with van der Waals surface area (Å²) in [6.45, 7) is 2.02. The van der Waals surface area contributed by atoms with Gasteiger partial charge in [0.15, 0.2) is 0 Å². The molecule has 78 valence electrons. The molecule has 1 aromatic carbocycles. The van der Waals surface area contributed by atoms with Gasteiger partial charge in [-0.15, -0.1) is 11.3 Å². The molecule has 1 aromatic heterocycles. The van der Waals surface area contributed by atoms with Crippen LogP contribution in [0.15, 0.2) is 30.3 Å². The predicted molar refractivity (Wildman–Crippen MR) is 62.3 cm³/mol. The van der Waals surface area contributed by atoms with Crippen molar-refractivity contribution in [1.82, 2.24) is 0 Å². The van der Waals surface area contributed by atoms with Gasteiger partial charge in [0.2, 0.25) is 0 Å². The Morgan fingerprint density at radius 3 is 2.47 bits per heavy atom. The van der Waals surface area contributed by atoms with Gasteiger partial charge in [-0.2, -0.15) is 0 Å². The number of thiophene rings is 1. The third-order valence-corrected chi connectivity index (χ3v) is 3.20. The summed E-state index contributed by atoms with van der Waals surface area (Å²) >= 11 is 1.58. The Kier molecular flexibility index (Phi) is 2.70. The molecule has 0 aliphatic heterocycles.